The number of amides is 1. The summed E-state index contributed by atoms with van der Waals surface area (Å²) in [5.41, 5.74) is -1.40. The van der Waals surface area contributed by atoms with E-state index >= 15 is 0 Å². The van der Waals surface area contributed by atoms with Gasteiger partial charge in [-0.1, -0.05) is 20.8 Å². The van der Waals surface area contributed by atoms with Gasteiger partial charge in [0.2, 0.25) is 0 Å². The lowest BCUT2D eigenvalue weighted by Crippen LogP contribution is -2.36. The molecule has 142 valence electrons. The minimum absolute atomic E-state index is 0.0102. The highest BCUT2D eigenvalue weighted by Gasteiger charge is 2.29. The number of nitrogens with one attached hydrogen (secondary N) is 2. The third kappa shape index (κ3) is 4.12. The van der Waals surface area contributed by atoms with Crippen LogP contribution in [-0.2, 0) is 6.54 Å². The van der Waals surface area contributed by atoms with Crippen LogP contribution in [0.25, 0.3) is 11.0 Å². The molecule has 0 saturated heterocycles. The highest BCUT2D eigenvalue weighted by atomic mass is 19.4. The molecule has 7 nitrogen and oxygen atoms in total. The van der Waals surface area contributed by atoms with Crippen molar-refractivity contribution in [2.24, 2.45) is 0 Å². The Balaban J connectivity index is 2.76. The molecule has 0 aliphatic heterocycles. The lowest BCUT2D eigenvalue weighted by Gasteiger charge is -2.15. The molecule has 2 aromatic heterocycles. The van der Waals surface area contributed by atoms with Crippen LogP contribution in [0.2, 0.25) is 0 Å². The highest BCUT2D eigenvalue weighted by Crippen LogP contribution is 2.20. The van der Waals surface area contributed by atoms with Crippen LogP contribution in [0.3, 0.4) is 0 Å². The Morgan fingerprint density at radius 2 is 2.00 bits per heavy atom. The predicted molar refractivity (Wildman–Crippen MR) is 89.4 cm³/mol. The standard InChI is InChI=1S/C16H19F3N4O3/c1-4-5-23-12-11(14(25)22-15(23)26)9(6-10(21-12)8(2)3)13(24)20-7-16(17,18)19/h6,8H,4-5,7H2,1-3H3,(H,20,24)(H,22,25,26). The van der Waals surface area contributed by atoms with E-state index in [2.05, 4.69) is 9.97 Å². The first-order chi connectivity index (χ1) is 12.0. The molecule has 2 N–H and O–H groups in total. The summed E-state index contributed by atoms with van der Waals surface area (Å²) in [6.45, 7) is 4.08. The van der Waals surface area contributed by atoms with Gasteiger partial charge in [-0.2, -0.15) is 13.2 Å². The number of aryl methyl sites for hydroxylation is 1. The van der Waals surface area contributed by atoms with Gasteiger partial charge >= 0.3 is 11.9 Å². The van der Waals surface area contributed by atoms with Gasteiger partial charge in [0.05, 0.1) is 10.9 Å². The van der Waals surface area contributed by atoms with Crippen molar-refractivity contribution in [2.45, 2.75) is 45.8 Å². The number of H-pyrrole nitrogens is 1. The highest BCUT2D eigenvalue weighted by molar-refractivity contribution is 6.05. The Hall–Kier alpha value is -2.65. The number of alkyl halides is 3. The molecule has 0 unspecified atom stereocenters. The Morgan fingerprint density at radius 3 is 2.54 bits per heavy atom. The average molecular weight is 372 g/mol. The van der Waals surface area contributed by atoms with Crippen LogP contribution in [0.4, 0.5) is 13.2 Å². The molecule has 0 aliphatic carbocycles. The van der Waals surface area contributed by atoms with Crippen molar-refractivity contribution in [2.75, 3.05) is 6.54 Å². The topological polar surface area (TPSA) is 96.9 Å². The van der Waals surface area contributed by atoms with E-state index < -0.39 is 29.9 Å². The fourth-order valence-electron chi connectivity index (χ4n) is 2.48. The molecule has 0 aromatic carbocycles. The molecule has 1 amide bonds. The van der Waals surface area contributed by atoms with E-state index in [9.17, 15) is 27.6 Å². The quantitative estimate of drug-likeness (QED) is 0.838. The summed E-state index contributed by atoms with van der Waals surface area (Å²) >= 11 is 0. The molecule has 0 atom stereocenters. The van der Waals surface area contributed by atoms with Gasteiger partial charge in [-0.3, -0.25) is 19.1 Å². The van der Waals surface area contributed by atoms with E-state index in [4.69, 9.17) is 0 Å². The third-order valence-electron chi connectivity index (χ3n) is 3.70. The maximum atomic E-state index is 12.4. The lowest BCUT2D eigenvalue weighted by atomic mass is 10.0. The molecule has 26 heavy (non-hydrogen) atoms. The lowest BCUT2D eigenvalue weighted by molar-refractivity contribution is -0.123. The Kier molecular flexibility index (Phi) is 5.53. The first-order valence-corrected chi connectivity index (χ1v) is 8.07. The molecule has 0 spiro atoms. The summed E-state index contributed by atoms with van der Waals surface area (Å²) in [6, 6.07) is 1.29. The number of nitrogens with zero attached hydrogens (tertiary/aromatic N) is 2. The van der Waals surface area contributed by atoms with Crippen molar-refractivity contribution < 1.29 is 18.0 Å². The monoisotopic (exact) mass is 372 g/mol. The second-order valence-corrected chi connectivity index (χ2v) is 6.16. The second kappa shape index (κ2) is 7.30. The smallest absolute Gasteiger partial charge is 0.343 e. The molecular weight excluding hydrogens is 353 g/mol. The van der Waals surface area contributed by atoms with E-state index in [0.717, 1.165) is 0 Å². The molecule has 0 fully saturated rings. The fourth-order valence-corrected chi connectivity index (χ4v) is 2.48. The summed E-state index contributed by atoms with van der Waals surface area (Å²) in [7, 11) is 0. The molecule has 2 aromatic rings. The van der Waals surface area contributed by atoms with Gasteiger partial charge in [0.1, 0.15) is 6.54 Å². The number of aromatic amines is 1. The summed E-state index contributed by atoms with van der Waals surface area (Å²) in [5, 5.41) is 1.55. The SMILES string of the molecule is CCCn1c(=O)[nH]c(=O)c2c(C(=O)NCC(F)(F)F)cc(C(C)C)nc21. The number of hydrogen-bond acceptors (Lipinski definition) is 4. The largest absolute Gasteiger partial charge is 0.405 e. The van der Waals surface area contributed by atoms with Gasteiger partial charge in [-0.05, 0) is 18.4 Å². The first kappa shape index (κ1) is 19.7. The molecule has 0 bridgehead atoms. The number of carbonyl (C=O) groups excluding carboxylic acids is 1. The van der Waals surface area contributed by atoms with Crippen LogP contribution >= 0.6 is 0 Å². The van der Waals surface area contributed by atoms with E-state index in [1.54, 1.807) is 19.2 Å². The zero-order chi connectivity index (χ0) is 19.6. The van der Waals surface area contributed by atoms with Crippen LogP contribution in [0.1, 0.15) is 49.2 Å². The third-order valence-corrected chi connectivity index (χ3v) is 3.70. The molecule has 0 aliphatic rings. The number of halogens is 3. The number of fused-ring (bicyclic) bond motifs is 1. The maximum Gasteiger partial charge on any atom is 0.405 e. The molecule has 2 rings (SSSR count). The van der Waals surface area contributed by atoms with Crippen molar-refractivity contribution >= 4 is 16.9 Å². The first-order valence-electron chi connectivity index (χ1n) is 8.07. The number of carbonyl (C=O) groups is 1. The normalized spacial score (nSPS) is 12.0. The summed E-state index contributed by atoms with van der Waals surface area (Å²) < 4.78 is 38.4. The van der Waals surface area contributed by atoms with Crippen molar-refractivity contribution in [1.82, 2.24) is 19.9 Å². The summed E-state index contributed by atoms with van der Waals surface area (Å²) in [6.07, 6.45) is -4.03. The van der Waals surface area contributed by atoms with Crippen molar-refractivity contribution in [3.63, 3.8) is 0 Å². The maximum absolute atomic E-state index is 12.4. The Labute approximate surface area is 146 Å². The zero-order valence-corrected chi connectivity index (χ0v) is 14.5. The number of rotatable bonds is 5. The number of aromatic nitrogens is 3. The van der Waals surface area contributed by atoms with Gasteiger partial charge in [0.25, 0.3) is 11.5 Å². The van der Waals surface area contributed by atoms with E-state index in [1.807, 2.05) is 6.92 Å². The minimum atomic E-state index is -4.59. The van der Waals surface area contributed by atoms with Gasteiger partial charge in [-0.25, -0.2) is 9.78 Å². The van der Waals surface area contributed by atoms with Gasteiger partial charge in [0, 0.05) is 12.2 Å². The van der Waals surface area contributed by atoms with Crippen LogP contribution in [0, 0.1) is 0 Å². The van der Waals surface area contributed by atoms with Gasteiger partial charge in [-0.15, -0.1) is 0 Å². The molecule has 0 saturated carbocycles. The van der Waals surface area contributed by atoms with Crippen LogP contribution < -0.4 is 16.6 Å². The molecule has 10 heteroatoms. The molecule has 2 heterocycles. The van der Waals surface area contributed by atoms with E-state index in [0.29, 0.717) is 12.1 Å². The van der Waals surface area contributed by atoms with E-state index in [1.165, 1.54) is 10.6 Å². The minimum Gasteiger partial charge on any atom is -0.343 e. The Morgan fingerprint density at radius 1 is 1.35 bits per heavy atom. The van der Waals surface area contributed by atoms with Crippen LogP contribution in [0.5, 0.6) is 0 Å². The summed E-state index contributed by atoms with van der Waals surface area (Å²) in [4.78, 5) is 43.0. The van der Waals surface area contributed by atoms with Gasteiger partial charge in [0.15, 0.2) is 5.65 Å². The van der Waals surface area contributed by atoms with Crippen molar-refractivity contribution in [3.8, 4) is 0 Å². The number of hydrogen-bond donors (Lipinski definition) is 2. The van der Waals surface area contributed by atoms with Crippen molar-refractivity contribution in [1.29, 1.82) is 0 Å². The second-order valence-electron chi connectivity index (χ2n) is 6.16. The Bertz CT molecular complexity index is 945. The van der Waals surface area contributed by atoms with E-state index in [-0.39, 0.29) is 29.1 Å². The van der Waals surface area contributed by atoms with Crippen molar-refractivity contribution in [3.05, 3.63) is 38.2 Å². The zero-order valence-electron chi connectivity index (χ0n) is 14.5. The summed E-state index contributed by atoms with van der Waals surface area (Å²) in [5.74, 6) is -1.22. The fraction of sp³-hybridized carbons (Fsp3) is 0.500. The molecular formula is C16H19F3N4O3. The number of pyridine rings is 1. The molecule has 0 radical (unpaired) electrons. The predicted octanol–water partition coefficient (Wildman–Crippen LogP) is 1.91. The van der Waals surface area contributed by atoms with Crippen LogP contribution in [0.15, 0.2) is 15.7 Å². The van der Waals surface area contributed by atoms with Crippen LogP contribution in [-0.4, -0.2) is 33.2 Å². The van der Waals surface area contributed by atoms with Gasteiger partial charge < -0.3 is 5.32 Å². The average Bonchev–Trinajstić information content (AvgIpc) is 2.54.